The van der Waals surface area contributed by atoms with E-state index in [-0.39, 0.29) is 34.9 Å². The minimum absolute atomic E-state index is 0.0832. The molecular weight excluding hydrogens is 465 g/mol. The van der Waals surface area contributed by atoms with Gasteiger partial charge in [-0.2, -0.15) is 13.2 Å². The Bertz CT molecular complexity index is 1160. The number of rotatable bonds is 5. The highest BCUT2D eigenvalue weighted by atomic mass is 19.4. The third kappa shape index (κ3) is 5.21. The molecule has 1 N–H and O–H groups in total. The number of nitrogens with zero attached hydrogens (tertiary/aromatic N) is 1. The first-order valence-electron chi connectivity index (χ1n) is 11.2. The third-order valence-electron chi connectivity index (χ3n) is 6.36. The van der Waals surface area contributed by atoms with E-state index in [1.165, 1.54) is 35.2 Å². The summed E-state index contributed by atoms with van der Waals surface area (Å²) in [5.41, 5.74) is -0.553. The fraction of sp³-hybridized carbons (Fsp3) is 0.360. The van der Waals surface area contributed by atoms with E-state index in [9.17, 15) is 32.3 Å². The first kappa shape index (κ1) is 24.4. The number of amides is 3. The second-order valence-electron chi connectivity index (χ2n) is 8.89. The second kappa shape index (κ2) is 9.52. The molecular formula is C25H23F3N2O5. The maximum absolute atomic E-state index is 12.8. The molecule has 0 bridgehead atoms. The number of hydrogen-bond donors (Lipinski definition) is 1. The molecule has 1 aliphatic carbocycles. The molecule has 35 heavy (non-hydrogen) atoms. The molecule has 4 rings (SSSR count). The smallest absolute Gasteiger partial charge is 0.416 e. The van der Waals surface area contributed by atoms with Gasteiger partial charge in [0.1, 0.15) is 0 Å². The van der Waals surface area contributed by atoms with Crippen LogP contribution in [0.15, 0.2) is 48.5 Å². The second-order valence-corrected chi connectivity index (χ2v) is 8.89. The number of alkyl halides is 3. The monoisotopic (exact) mass is 488 g/mol. The number of anilines is 2. The van der Waals surface area contributed by atoms with Crippen LogP contribution in [-0.4, -0.2) is 30.3 Å². The number of carbonyl (C=O) groups excluding carboxylic acids is 4. The summed E-state index contributed by atoms with van der Waals surface area (Å²) in [6, 6.07) is 9.78. The van der Waals surface area contributed by atoms with Crippen molar-refractivity contribution in [3.8, 4) is 0 Å². The van der Waals surface area contributed by atoms with Crippen LogP contribution in [0.5, 0.6) is 0 Å². The van der Waals surface area contributed by atoms with Crippen LogP contribution in [0, 0.1) is 17.8 Å². The highest BCUT2D eigenvalue weighted by Crippen LogP contribution is 2.42. The van der Waals surface area contributed by atoms with Gasteiger partial charge < -0.3 is 10.1 Å². The van der Waals surface area contributed by atoms with Gasteiger partial charge in [0.15, 0.2) is 6.61 Å². The van der Waals surface area contributed by atoms with Crippen LogP contribution in [0.1, 0.15) is 42.1 Å². The van der Waals surface area contributed by atoms with Crippen LogP contribution in [0.2, 0.25) is 0 Å². The summed E-state index contributed by atoms with van der Waals surface area (Å²) >= 11 is 0. The largest absolute Gasteiger partial charge is 0.452 e. The van der Waals surface area contributed by atoms with E-state index in [0.29, 0.717) is 24.4 Å². The number of hydrogen-bond acceptors (Lipinski definition) is 5. The predicted octanol–water partition coefficient (Wildman–Crippen LogP) is 4.43. The van der Waals surface area contributed by atoms with Crippen molar-refractivity contribution in [2.45, 2.75) is 32.4 Å². The summed E-state index contributed by atoms with van der Waals surface area (Å²) in [6.07, 6.45) is -2.29. The van der Waals surface area contributed by atoms with Crippen molar-refractivity contribution >= 4 is 35.1 Å². The molecule has 2 aromatic carbocycles. The molecule has 0 spiro atoms. The highest BCUT2D eigenvalue weighted by molar-refractivity contribution is 6.22. The van der Waals surface area contributed by atoms with E-state index in [1.807, 2.05) is 0 Å². The van der Waals surface area contributed by atoms with Gasteiger partial charge >= 0.3 is 12.1 Å². The fourth-order valence-corrected chi connectivity index (χ4v) is 4.58. The van der Waals surface area contributed by atoms with E-state index in [2.05, 4.69) is 12.2 Å². The van der Waals surface area contributed by atoms with Crippen molar-refractivity contribution in [1.29, 1.82) is 0 Å². The van der Waals surface area contributed by atoms with Crippen molar-refractivity contribution in [3.63, 3.8) is 0 Å². The Morgan fingerprint density at radius 3 is 2.40 bits per heavy atom. The van der Waals surface area contributed by atoms with Gasteiger partial charge in [-0.05, 0) is 67.6 Å². The van der Waals surface area contributed by atoms with E-state index < -0.39 is 30.2 Å². The molecule has 3 amide bonds. The first-order chi connectivity index (χ1) is 16.5. The Labute approximate surface area is 199 Å². The molecule has 1 heterocycles. The van der Waals surface area contributed by atoms with E-state index >= 15 is 0 Å². The molecule has 0 aromatic heterocycles. The quantitative estimate of drug-likeness (QED) is 0.497. The van der Waals surface area contributed by atoms with E-state index in [0.717, 1.165) is 24.6 Å². The van der Waals surface area contributed by atoms with Gasteiger partial charge in [0.2, 0.25) is 11.8 Å². The number of halogens is 3. The number of carbonyl (C=O) groups is 4. The van der Waals surface area contributed by atoms with Crippen LogP contribution >= 0.6 is 0 Å². The van der Waals surface area contributed by atoms with Gasteiger partial charge in [-0.15, -0.1) is 0 Å². The molecule has 2 fully saturated rings. The van der Waals surface area contributed by atoms with Gasteiger partial charge in [0, 0.05) is 5.69 Å². The molecule has 7 nitrogen and oxygen atoms in total. The number of fused-ring (bicyclic) bond motifs is 1. The van der Waals surface area contributed by atoms with Gasteiger partial charge in [0.25, 0.3) is 5.91 Å². The van der Waals surface area contributed by atoms with Gasteiger partial charge in [0.05, 0.1) is 28.7 Å². The average Bonchev–Trinajstić information content (AvgIpc) is 3.06. The van der Waals surface area contributed by atoms with Crippen LogP contribution < -0.4 is 10.2 Å². The lowest BCUT2D eigenvalue weighted by Gasteiger charge is -2.25. The number of imide groups is 1. The lowest BCUT2D eigenvalue weighted by molar-refractivity contribution is -0.137. The van der Waals surface area contributed by atoms with Gasteiger partial charge in [-0.1, -0.05) is 13.0 Å². The number of ether oxygens (including phenoxy) is 1. The molecule has 1 saturated heterocycles. The lowest BCUT2D eigenvalue weighted by atomic mass is 9.76. The molecule has 184 valence electrons. The van der Waals surface area contributed by atoms with Crippen molar-refractivity contribution in [3.05, 3.63) is 59.7 Å². The topological polar surface area (TPSA) is 92.8 Å². The summed E-state index contributed by atoms with van der Waals surface area (Å²) in [5, 5.41) is 2.25. The zero-order chi connectivity index (χ0) is 25.3. The lowest BCUT2D eigenvalue weighted by Crippen LogP contribution is -2.30. The van der Waals surface area contributed by atoms with Crippen LogP contribution in [0.25, 0.3) is 0 Å². The first-order valence-corrected chi connectivity index (χ1v) is 11.2. The minimum Gasteiger partial charge on any atom is -0.452 e. The molecule has 1 saturated carbocycles. The Morgan fingerprint density at radius 1 is 1.03 bits per heavy atom. The Hall–Kier alpha value is -3.69. The Balaban J connectivity index is 1.34. The number of benzene rings is 2. The van der Waals surface area contributed by atoms with E-state index in [4.69, 9.17) is 4.74 Å². The molecule has 3 atom stereocenters. The third-order valence-corrected chi connectivity index (χ3v) is 6.36. The molecule has 1 aliphatic heterocycles. The maximum atomic E-state index is 12.8. The standard InChI is InChI=1S/C25H23F3N2O5/c1-14-5-10-19-20(11-14)23(33)30(22(19)32)18-8-6-15(7-9-18)24(34)35-13-21(31)29-17-4-2-3-16(12-17)25(26,27)28/h2-4,6-9,12,14,19-20H,5,10-11,13H2,1H3,(H,29,31)/t14-,19-,20+/m1/s1. The van der Waals surface area contributed by atoms with Crippen LogP contribution in [0.4, 0.5) is 24.5 Å². The summed E-state index contributed by atoms with van der Waals surface area (Å²) in [5.74, 6) is -2.33. The maximum Gasteiger partial charge on any atom is 0.416 e. The van der Waals surface area contributed by atoms with Crippen molar-refractivity contribution < 1.29 is 37.1 Å². The summed E-state index contributed by atoms with van der Waals surface area (Å²) < 4.78 is 43.3. The SMILES string of the molecule is C[C@@H]1CC[C@H]2C(=O)N(c3ccc(C(=O)OCC(=O)Nc4cccc(C(F)(F)F)c4)cc3)C(=O)[C@H]2C1. The molecule has 0 radical (unpaired) electrons. The van der Waals surface area contributed by atoms with Crippen molar-refractivity contribution in [2.75, 3.05) is 16.8 Å². The highest BCUT2D eigenvalue weighted by Gasteiger charge is 2.49. The van der Waals surface area contributed by atoms with Crippen LogP contribution in [0.3, 0.4) is 0 Å². The fourth-order valence-electron chi connectivity index (χ4n) is 4.58. The predicted molar refractivity (Wildman–Crippen MR) is 119 cm³/mol. The van der Waals surface area contributed by atoms with Crippen LogP contribution in [-0.2, 0) is 25.3 Å². The summed E-state index contributed by atoms with van der Waals surface area (Å²) in [6.45, 7) is 1.36. The van der Waals surface area contributed by atoms with E-state index in [1.54, 1.807) is 0 Å². The Morgan fingerprint density at radius 2 is 1.71 bits per heavy atom. The zero-order valence-corrected chi connectivity index (χ0v) is 18.8. The summed E-state index contributed by atoms with van der Waals surface area (Å²) in [7, 11) is 0. The minimum atomic E-state index is -4.56. The normalized spacial score (nSPS) is 22.1. The van der Waals surface area contributed by atoms with Gasteiger partial charge in [-0.3, -0.25) is 19.3 Å². The zero-order valence-electron chi connectivity index (χ0n) is 18.8. The molecule has 10 heteroatoms. The van der Waals surface area contributed by atoms with Gasteiger partial charge in [-0.25, -0.2) is 4.79 Å². The van der Waals surface area contributed by atoms with Crippen molar-refractivity contribution in [1.82, 2.24) is 0 Å². The molecule has 0 unspecified atom stereocenters. The number of esters is 1. The summed E-state index contributed by atoms with van der Waals surface area (Å²) in [4.78, 5) is 51.1. The Kier molecular flexibility index (Phi) is 6.64. The average molecular weight is 488 g/mol. The van der Waals surface area contributed by atoms with Crippen molar-refractivity contribution in [2.24, 2.45) is 17.8 Å². The number of nitrogens with one attached hydrogen (secondary N) is 1. The molecule has 2 aromatic rings. The molecule has 2 aliphatic rings.